The molecule has 0 spiro atoms. The van der Waals surface area contributed by atoms with Crippen molar-refractivity contribution >= 4 is 0 Å². The van der Waals surface area contributed by atoms with Crippen LogP contribution in [-0.2, 0) is 4.74 Å². The first-order valence-corrected chi connectivity index (χ1v) is 10.5. The topological polar surface area (TPSA) is 70.6 Å². The fourth-order valence-electron chi connectivity index (χ4n) is 4.14. The zero-order valence-corrected chi connectivity index (χ0v) is 17.8. The van der Waals surface area contributed by atoms with Crippen LogP contribution in [0.4, 0.5) is 0 Å². The van der Waals surface area contributed by atoms with Gasteiger partial charge in [0.1, 0.15) is 23.8 Å². The molecule has 4 rings (SSSR count). The molecule has 0 bridgehead atoms. The molecule has 2 N–H and O–H groups in total. The number of benzene rings is 2. The summed E-state index contributed by atoms with van der Waals surface area (Å²) in [6.45, 7) is 9.41. The molecule has 1 aromatic heterocycles. The second kappa shape index (κ2) is 8.90. The summed E-state index contributed by atoms with van der Waals surface area (Å²) in [6, 6.07) is 15.5. The summed E-state index contributed by atoms with van der Waals surface area (Å²) >= 11 is 0. The van der Waals surface area contributed by atoms with Crippen molar-refractivity contribution in [1.82, 2.24) is 15.1 Å². The zero-order chi connectivity index (χ0) is 21.1. The molecule has 0 unspecified atom stereocenters. The third-order valence-electron chi connectivity index (χ3n) is 5.41. The number of nitrogens with one attached hydrogen (secondary N) is 1. The predicted octanol–water partition coefficient (Wildman–Crippen LogP) is 4.25. The molecule has 30 heavy (non-hydrogen) atoms. The molecule has 2 heterocycles. The van der Waals surface area contributed by atoms with E-state index in [4.69, 9.17) is 9.47 Å². The third kappa shape index (κ3) is 4.50. The van der Waals surface area contributed by atoms with Crippen LogP contribution >= 0.6 is 0 Å². The number of rotatable bonds is 6. The number of aromatic hydroxyl groups is 1. The number of H-pyrrole nitrogens is 1. The summed E-state index contributed by atoms with van der Waals surface area (Å²) in [6.07, 6.45) is 0.487. The summed E-state index contributed by atoms with van der Waals surface area (Å²) in [4.78, 5) is 2.35. The van der Waals surface area contributed by atoms with E-state index in [1.807, 2.05) is 49.4 Å². The Bertz CT molecular complexity index is 977. The maximum atomic E-state index is 10.7. The number of hydrogen-bond acceptors (Lipinski definition) is 5. The lowest BCUT2D eigenvalue weighted by molar-refractivity contribution is -0.0699. The highest BCUT2D eigenvalue weighted by molar-refractivity contribution is 5.85. The smallest absolute Gasteiger partial charge is 0.128 e. The highest BCUT2D eigenvalue weighted by Crippen LogP contribution is 2.38. The van der Waals surface area contributed by atoms with E-state index in [9.17, 15) is 5.11 Å². The number of aromatic nitrogens is 2. The molecule has 1 saturated heterocycles. The van der Waals surface area contributed by atoms with Crippen molar-refractivity contribution in [3.8, 4) is 33.9 Å². The number of aromatic amines is 1. The van der Waals surface area contributed by atoms with Crippen molar-refractivity contribution < 1.29 is 14.6 Å². The van der Waals surface area contributed by atoms with Crippen molar-refractivity contribution in [2.24, 2.45) is 0 Å². The number of morpholine rings is 1. The third-order valence-corrected chi connectivity index (χ3v) is 5.41. The van der Waals surface area contributed by atoms with Crippen LogP contribution in [0.1, 0.15) is 19.5 Å². The number of nitrogens with zero attached hydrogens (tertiary/aromatic N) is 2. The lowest BCUT2D eigenvalue weighted by Crippen LogP contribution is -2.46. The van der Waals surface area contributed by atoms with Crippen molar-refractivity contribution in [3.63, 3.8) is 0 Å². The van der Waals surface area contributed by atoms with E-state index in [1.54, 1.807) is 6.07 Å². The first-order chi connectivity index (χ1) is 14.5. The van der Waals surface area contributed by atoms with Gasteiger partial charge in [0.25, 0.3) is 0 Å². The minimum Gasteiger partial charge on any atom is -0.507 e. The Hall–Kier alpha value is -2.83. The molecule has 0 aliphatic carbocycles. The van der Waals surface area contributed by atoms with Crippen LogP contribution in [0.15, 0.2) is 48.5 Å². The molecule has 6 nitrogen and oxygen atoms in total. The highest BCUT2D eigenvalue weighted by Gasteiger charge is 2.22. The van der Waals surface area contributed by atoms with Crippen molar-refractivity contribution in [2.75, 3.05) is 26.2 Å². The molecule has 0 saturated carbocycles. The Morgan fingerprint density at radius 1 is 1.13 bits per heavy atom. The molecule has 158 valence electrons. The molecular formula is C24H29N3O3. The normalized spacial score (nSPS) is 19.7. The number of phenols is 1. The lowest BCUT2D eigenvalue weighted by Gasteiger charge is -2.35. The van der Waals surface area contributed by atoms with Crippen LogP contribution in [0.2, 0.25) is 0 Å². The first-order valence-electron chi connectivity index (χ1n) is 10.5. The highest BCUT2D eigenvalue weighted by atomic mass is 16.5. The maximum Gasteiger partial charge on any atom is 0.128 e. The largest absolute Gasteiger partial charge is 0.507 e. The second-order valence-electron chi connectivity index (χ2n) is 7.98. The van der Waals surface area contributed by atoms with Gasteiger partial charge in [0, 0.05) is 42.5 Å². The molecule has 0 radical (unpaired) electrons. The Morgan fingerprint density at radius 2 is 1.87 bits per heavy atom. The minimum absolute atomic E-state index is 0.157. The summed E-state index contributed by atoms with van der Waals surface area (Å²) in [7, 11) is 0. The number of hydrogen-bond donors (Lipinski definition) is 2. The van der Waals surface area contributed by atoms with Crippen LogP contribution in [0.3, 0.4) is 0 Å². The van der Waals surface area contributed by atoms with E-state index in [1.165, 1.54) is 0 Å². The standard InChI is InChI=1S/C24H29N3O3/c1-16-14-27(15-17(2)30-16)11-12-29-20-9-10-21(22(28)13-20)24-23(18(3)25-26-24)19-7-5-4-6-8-19/h4-10,13,16-17,28H,11-12,14-15H2,1-3H3,(H,25,26)/t16-,17-/m1/s1. The van der Waals surface area contributed by atoms with Gasteiger partial charge in [0.2, 0.25) is 0 Å². The fraction of sp³-hybridized carbons (Fsp3) is 0.375. The predicted molar refractivity (Wildman–Crippen MR) is 118 cm³/mol. The van der Waals surface area contributed by atoms with E-state index in [2.05, 4.69) is 28.9 Å². The zero-order valence-electron chi connectivity index (χ0n) is 17.8. The molecule has 2 atom stereocenters. The fourth-order valence-corrected chi connectivity index (χ4v) is 4.14. The van der Waals surface area contributed by atoms with E-state index in [-0.39, 0.29) is 18.0 Å². The van der Waals surface area contributed by atoms with Gasteiger partial charge in [-0.15, -0.1) is 0 Å². The van der Waals surface area contributed by atoms with Crippen molar-refractivity contribution in [1.29, 1.82) is 0 Å². The van der Waals surface area contributed by atoms with Gasteiger partial charge in [0.05, 0.1) is 12.2 Å². The first kappa shape index (κ1) is 20.4. The lowest BCUT2D eigenvalue weighted by atomic mass is 9.99. The Balaban J connectivity index is 1.46. The van der Waals surface area contributed by atoms with E-state index in [0.717, 1.165) is 42.1 Å². The average molecular weight is 408 g/mol. The van der Waals surface area contributed by atoms with Gasteiger partial charge in [-0.05, 0) is 38.5 Å². The van der Waals surface area contributed by atoms with Crippen LogP contribution in [0.25, 0.3) is 22.4 Å². The Labute approximate surface area is 177 Å². The molecule has 2 aromatic carbocycles. The SMILES string of the molecule is Cc1[nH]nc(-c2ccc(OCCN3C[C@@H](C)O[C@H](C)C3)cc2O)c1-c1ccccc1. The molecular weight excluding hydrogens is 378 g/mol. The monoisotopic (exact) mass is 407 g/mol. The summed E-state index contributed by atoms with van der Waals surface area (Å²) < 4.78 is 11.7. The maximum absolute atomic E-state index is 10.7. The number of phenolic OH excluding ortho intramolecular Hbond substituents is 1. The van der Waals surface area contributed by atoms with E-state index in [0.29, 0.717) is 17.9 Å². The van der Waals surface area contributed by atoms with Crippen LogP contribution in [0, 0.1) is 6.92 Å². The van der Waals surface area contributed by atoms with Gasteiger partial charge in [-0.25, -0.2) is 0 Å². The van der Waals surface area contributed by atoms with Gasteiger partial charge in [-0.2, -0.15) is 5.10 Å². The van der Waals surface area contributed by atoms with E-state index >= 15 is 0 Å². The second-order valence-corrected chi connectivity index (χ2v) is 7.98. The van der Waals surface area contributed by atoms with Gasteiger partial charge in [0.15, 0.2) is 0 Å². The summed E-state index contributed by atoms with van der Waals surface area (Å²) in [5.41, 5.74) is 4.44. The molecule has 6 heteroatoms. The summed E-state index contributed by atoms with van der Waals surface area (Å²) in [5, 5.41) is 18.2. The Morgan fingerprint density at radius 3 is 2.57 bits per heavy atom. The van der Waals surface area contributed by atoms with Gasteiger partial charge in [-0.3, -0.25) is 10.00 Å². The van der Waals surface area contributed by atoms with Crippen molar-refractivity contribution in [3.05, 3.63) is 54.2 Å². The molecule has 3 aromatic rings. The van der Waals surface area contributed by atoms with E-state index < -0.39 is 0 Å². The number of aryl methyl sites for hydroxylation is 1. The molecule has 1 aliphatic heterocycles. The molecule has 1 aliphatic rings. The van der Waals surface area contributed by atoms with Gasteiger partial charge < -0.3 is 14.6 Å². The molecule has 1 fully saturated rings. The van der Waals surface area contributed by atoms with Gasteiger partial charge >= 0.3 is 0 Å². The number of ether oxygens (including phenoxy) is 2. The minimum atomic E-state index is 0.157. The molecule has 0 amide bonds. The average Bonchev–Trinajstić information content (AvgIpc) is 3.09. The van der Waals surface area contributed by atoms with Gasteiger partial charge in [-0.1, -0.05) is 30.3 Å². The quantitative estimate of drug-likeness (QED) is 0.639. The Kier molecular flexibility index (Phi) is 6.06. The summed E-state index contributed by atoms with van der Waals surface area (Å²) in [5.74, 6) is 0.809. The van der Waals surface area contributed by atoms with Crippen LogP contribution < -0.4 is 4.74 Å². The van der Waals surface area contributed by atoms with Crippen LogP contribution in [0.5, 0.6) is 11.5 Å². The van der Waals surface area contributed by atoms with Crippen molar-refractivity contribution in [2.45, 2.75) is 33.0 Å². The van der Waals surface area contributed by atoms with Crippen LogP contribution in [-0.4, -0.2) is 58.7 Å².